The average Bonchev–Trinajstić information content (AvgIpc) is 2.81. The fourth-order valence-corrected chi connectivity index (χ4v) is 3.63. The zero-order chi connectivity index (χ0) is 15.3. The summed E-state index contributed by atoms with van der Waals surface area (Å²) in [6.45, 7) is 4.95. The molecule has 0 N–H and O–H groups in total. The Morgan fingerprint density at radius 1 is 1.00 bits per heavy atom. The van der Waals surface area contributed by atoms with Gasteiger partial charge in [0, 0.05) is 5.02 Å². The highest BCUT2D eigenvalue weighted by molar-refractivity contribution is 6.31. The van der Waals surface area contributed by atoms with Gasteiger partial charge in [-0.15, -0.1) is 0 Å². The highest BCUT2D eigenvalue weighted by Crippen LogP contribution is 2.46. The summed E-state index contributed by atoms with van der Waals surface area (Å²) in [4.78, 5) is 0. The molecule has 0 saturated heterocycles. The van der Waals surface area contributed by atoms with Crippen LogP contribution in [0, 0.1) is 0 Å². The number of rotatable bonds is 1. The molecule has 0 spiro atoms. The van der Waals surface area contributed by atoms with Crippen LogP contribution in [0.2, 0.25) is 5.02 Å². The van der Waals surface area contributed by atoms with E-state index in [0.29, 0.717) is 6.61 Å². The Bertz CT molecular complexity index is 866. The van der Waals surface area contributed by atoms with Crippen LogP contribution in [-0.2, 0) is 16.9 Å². The van der Waals surface area contributed by atoms with Crippen molar-refractivity contribution >= 4 is 22.4 Å². The Kier molecular flexibility index (Phi) is 3.04. The molecule has 0 aromatic heterocycles. The molecule has 1 heterocycles. The van der Waals surface area contributed by atoms with Gasteiger partial charge in [-0.2, -0.15) is 0 Å². The molecule has 3 aromatic rings. The van der Waals surface area contributed by atoms with Crippen LogP contribution < -0.4 is 0 Å². The highest BCUT2D eigenvalue weighted by atomic mass is 35.5. The largest absolute Gasteiger partial charge is 0.366 e. The monoisotopic (exact) mass is 308 g/mol. The summed E-state index contributed by atoms with van der Waals surface area (Å²) in [6.07, 6.45) is 0. The SMILES string of the molecule is CC1(C)OCc2cc3ccc(Cl)cc3c(-c3ccccc3)c21. The van der Waals surface area contributed by atoms with Gasteiger partial charge in [-0.3, -0.25) is 0 Å². The average molecular weight is 309 g/mol. The van der Waals surface area contributed by atoms with E-state index in [-0.39, 0.29) is 5.60 Å². The number of fused-ring (bicyclic) bond motifs is 2. The summed E-state index contributed by atoms with van der Waals surface area (Å²) < 4.78 is 6.04. The maximum Gasteiger partial charge on any atom is 0.0889 e. The van der Waals surface area contributed by atoms with Crippen LogP contribution in [0.5, 0.6) is 0 Å². The number of hydrogen-bond acceptors (Lipinski definition) is 1. The van der Waals surface area contributed by atoms with Gasteiger partial charge in [0.2, 0.25) is 0 Å². The molecule has 1 nitrogen and oxygen atoms in total. The van der Waals surface area contributed by atoms with Crippen molar-refractivity contribution in [3.05, 3.63) is 70.7 Å². The van der Waals surface area contributed by atoms with Gasteiger partial charge in [-0.05, 0) is 65.1 Å². The molecule has 1 aliphatic heterocycles. The van der Waals surface area contributed by atoms with Gasteiger partial charge in [0.1, 0.15) is 0 Å². The summed E-state index contributed by atoms with van der Waals surface area (Å²) in [6, 6.07) is 18.9. The van der Waals surface area contributed by atoms with E-state index in [1.165, 1.54) is 33.0 Å². The van der Waals surface area contributed by atoms with Crippen molar-refractivity contribution in [2.75, 3.05) is 0 Å². The quantitative estimate of drug-likeness (QED) is 0.541. The third kappa shape index (κ3) is 2.05. The van der Waals surface area contributed by atoms with Gasteiger partial charge >= 0.3 is 0 Å². The molecule has 110 valence electrons. The van der Waals surface area contributed by atoms with E-state index in [1.807, 2.05) is 12.1 Å². The molecule has 0 saturated carbocycles. The third-order valence-electron chi connectivity index (χ3n) is 4.44. The molecule has 0 aliphatic carbocycles. The molecular weight excluding hydrogens is 292 g/mol. The van der Waals surface area contributed by atoms with E-state index < -0.39 is 0 Å². The minimum atomic E-state index is -0.281. The Morgan fingerprint density at radius 2 is 1.77 bits per heavy atom. The smallest absolute Gasteiger partial charge is 0.0889 e. The van der Waals surface area contributed by atoms with E-state index in [4.69, 9.17) is 16.3 Å². The van der Waals surface area contributed by atoms with E-state index in [9.17, 15) is 0 Å². The predicted molar refractivity (Wildman–Crippen MR) is 92.2 cm³/mol. The lowest BCUT2D eigenvalue weighted by molar-refractivity contribution is -0.00757. The van der Waals surface area contributed by atoms with E-state index in [0.717, 1.165) is 5.02 Å². The van der Waals surface area contributed by atoms with Crippen molar-refractivity contribution in [2.45, 2.75) is 26.1 Å². The second-order valence-electron chi connectivity index (χ2n) is 6.32. The molecule has 0 radical (unpaired) electrons. The van der Waals surface area contributed by atoms with Crippen LogP contribution in [0.4, 0.5) is 0 Å². The van der Waals surface area contributed by atoms with E-state index in [1.54, 1.807) is 0 Å². The number of halogens is 1. The van der Waals surface area contributed by atoms with Gasteiger partial charge in [0.05, 0.1) is 12.2 Å². The highest BCUT2D eigenvalue weighted by Gasteiger charge is 2.34. The second-order valence-corrected chi connectivity index (χ2v) is 6.75. The van der Waals surface area contributed by atoms with Gasteiger partial charge in [-0.25, -0.2) is 0 Å². The second kappa shape index (κ2) is 4.84. The lowest BCUT2D eigenvalue weighted by Crippen LogP contribution is -2.16. The van der Waals surface area contributed by atoms with Gasteiger partial charge in [0.15, 0.2) is 0 Å². The molecule has 0 unspecified atom stereocenters. The molecule has 0 fully saturated rings. The number of ether oxygens (including phenoxy) is 1. The van der Waals surface area contributed by atoms with Crippen LogP contribution in [-0.4, -0.2) is 0 Å². The maximum absolute atomic E-state index is 6.27. The molecule has 0 atom stereocenters. The predicted octanol–water partition coefficient (Wildman–Crippen LogP) is 5.93. The zero-order valence-corrected chi connectivity index (χ0v) is 13.4. The zero-order valence-electron chi connectivity index (χ0n) is 12.7. The summed E-state index contributed by atoms with van der Waals surface area (Å²) in [7, 11) is 0. The molecular formula is C20H17ClO. The fourth-order valence-electron chi connectivity index (χ4n) is 3.46. The Hall–Kier alpha value is -1.83. The van der Waals surface area contributed by atoms with Crippen molar-refractivity contribution in [2.24, 2.45) is 0 Å². The third-order valence-corrected chi connectivity index (χ3v) is 4.67. The van der Waals surface area contributed by atoms with E-state index in [2.05, 4.69) is 56.3 Å². The van der Waals surface area contributed by atoms with E-state index >= 15 is 0 Å². The van der Waals surface area contributed by atoms with Crippen molar-refractivity contribution in [1.29, 1.82) is 0 Å². The Labute approximate surface area is 135 Å². The summed E-state index contributed by atoms with van der Waals surface area (Å²) >= 11 is 6.27. The molecule has 3 aromatic carbocycles. The molecule has 0 amide bonds. The Balaban J connectivity index is 2.17. The molecule has 1 aliphatic rings. The van der Waals surface area contributed by atoms with Crippen molar-refractivity contribution in [3.8, 4) is 11.1 Å². The standard InChI is InChI=1S/C20H17ClO/c1-20(2)19-15(12-22-20)10-14-8-9-16(21)11-17(14)18(19)13-6-4-3-5-7-13/h3-11H,12H2,1-2H3. The summed E-state index contributed by atoms with van der Waals surface area (Å²) in [5.41, 5.74) is 4.74. The van der Waals surface area contributed by atoms with Crippen LogP contribution in [0.15, 0.2) is 54.6 Å². The first-order valence-electron chi connectivity index (χ1n) is 7.51. The number of benzene rings is 3. The topological polar surface area (TPSA) is 9.23 Å². The number of hydrogen-bond donors (Lipinski definition) is 0. The van der Waals surface area contributed by atoms with Crippen LogP contribution in [0.1, 0.15) is 25.0 Å². The first kappa shape index (κ1) is 13.8. The molecule has 22 heavy (non-hydrogen) atoms. The lowest BCUT2D eigenvalue weighted by atomic mass is 9.84. The molecule has 4 rings (SSSR count). The first-order chi connectivity index (χ1) is 10.6. The van der Waals surface area contributed by atoms with Crippen LogP contribution >= 0.6 is 11.6 Å². The molecule has 0 bridgehead atoms. The van der Waals surface area contributed by atoms with Gasteiger partial charge in [-0.1, -0.05) is 48.0 Å². The van der Waals surface area contributed by atoms with Gasteiger partial charge < -0.3 is 4.74 Å². The normalized spacial score (nSPS) is 16.0. The minimum absolute atomic E-state index is 0.281. The van der Waals surface area contributed by atoms with Crippen LogP contribution in [0.3, 0.4) is 0 Å². The van der Waals surface area contributed by atoms with Crippen molar-refractivity contribution in [3.63, 3.8) is 0 Å². The maximum atomic E-state index is 6.27. The summed E-state index contributed by atoms with van der Waals surface area (Å²) in [5.74, 6) is 0. The Morgan fingerprint density at radius 3 is 2.55 bits per heavy atom. The van der Waals surface area contributed by atoms with Crippen molar-refractivity contribution in [1.82, 2.24) is 0 Å². The lowest BCUT2D eigenvalue weighted by Gasteiger charge is -2.23. The fraction of sp³-hybridized carbons (Fsp3) is 0.200. The summed E-state index contributed by atoms with van der Waals surface area (Å²) in [5, 5.41) is 3.17. The first-order valence-corrected chi connectivity index (χ1v) is 7.89. The molecule has 2 heteroatoms. The van der Waals surface area contributed by atoms with Crippen molar-refractivity contribution < 1.29 is 4.74 Å². The van der Waals surface area contributed by atoms with Gasteiger partial charge in [0.25, 0.3) is 0 Å². The van der Waals surface area contributed by atoms with Crippen LogP contribution in [0.25, 0.3) is 21.9 Å². The minimum Gasteiger partial charge on any atom is -0.366 e.